The number of hydrogen-bond acceptors (Lipinski definition) is 5. The molecule has 3 aromatic carbocycles. The zero-order valence-corrected chi connectivity index (χ0v) is 20.9. The largest absolute Gasteiger partial charge is 0.497 e. The predicted molar refractivity (Wildman–Crippen MR) is 140 cm³/mol. The maximum atomic E-state index is 12.7. The Morgan fingerprint density at radius 1 is 0.944 bits per heavy atom. The number of carbonyl (C=O) groups excluding carboxylic acids is 1. The van der Waals surface area contributed by atoms with Gasteiger partial charge < -0.3 is 9.47 Å². The van der Waals surface area contributed by atoms with E-state index in [2.05, 4.69) is 0 Å². The van der Waals surface area contributed by atoms with Gasteiger partial charge in [0.25, 0.3) is 0 Å². The highest BCUT2D eigenvalue weighted by Gasteiger charge is 2.34. The van der Waals surface area contributed by atoms with E-state index in [1.165, 1.54) is 6.92 Å². The molecule has 0 aliphatic carbocycles. The van der Waals surface area contributed by atoms with E-state index in [-0.39, 0.29) is 11.9 Å². The number of aromatic nitrogens is 2. The molecule has 1 atom stereocenters. The van der Waals surface area contributed by atoms with Gasteiger partial charge in [0.15, 0.2) is 0 Å². The van der Waals surface area contributed by atoms with Gasteiger partial charge in [0, 0.05) is 35.7 Å². The van der Waals surface area contributed by atoms with Gasteiger partial charge in [0.1, 0.15) is 11.5 Å². The SMILES string of the molecule is COc1ccc(C2=NN(C(C)=O)C(c3cn(-c4cccc(Cl)c4)nc3-c3ccc(OC)cc3)C2)cc1. The Labute approximate surface area is 214 Å². The summed E-state index contributed by atoms with van der Waals surface area (Å²) in [5, 5.41) is 11.8. The highest BCUT2D eigenvalue weighted by molar-refractivity contribution is 6.30. The summed E-state index contributed by atoms with van der Waals surface area (Å²) in [6, 6.07) is 22.6. The van der Waals surface area contributed by atoms with Gasteiger partial charge in [-0.15, -0.1) is 0 Å². The van der Waals surface area contributed by atoms with Crippen LogP contribution in [0.15, 0.2) is 84.1 Å². The summed E-state index contributed by atoms with van der Waals surface area (Å²) in [4.78, 5) is 12.7. The molecular weight excluding hydrogens is 476 g/mol. The maximum Gasteiger partial charge on any atom is 0.240 e. The van der Waals surface area contributed by atoms with Gasteiger partial charge in [-0.05, 0) is 72.3 Å². The molecule has 0 N–H and O–H groups in total. The van der Waals surface area contributed by atoms with Crippen LogP contribution in [0.3, 0.4) is 0 Å². The maximum absolute atomic E-state index is 12.7. The van der Waals surface area contributed by atoms with Crippen molar-refractivity contribution in [1.29, 1.82) is 0 Å². The van der Waals surface area contributed by atoms with Gasteiger partial charge >= 0.3 is 0 Å². The van der Waals surface area contributed by atoms with Crippen molar-refractivity contribution in [2.45, 2.75) is 19.4 Å². The second-order valence-corrected chi connectivity index (χ2v) is 8.88. The summed E-state index contributed by atoms with van der Waals surface area (Å²) in [7, 11) is 3.27. The number of carbonyl (C=O) groups is 1. The summed E-state index contributed by atoms with van der Waals surface area (Å²) in [5.74, 6) is 1.38. The first-order valence-corrected chi connectivity index (χ1v) is 11.9. The molecule has 0 radical (unpaired) electrons. The number of hydrazone groups is 1. The Morgan fingerprint density at radius 3 is 2.17 bits per heavy atom. The summed E-state index contributed by atoms with van der Waals surface area (Å²) < 4.78 is 12.4. The van der Waals surface area contributed by atoms with Crippen LogP contribution in [-0.2, 0) is 4.79 Å². The molecule has 4 aromatic rings. The van der Waals surface area contributed by atoms with E-state index < -0.39 is 0 Å². The number of ether oxygens (including phenoxy) is 2. The van der Waals surface area contributed by atoms with Gasteiger partial charge in [-0.1, -0.05) is 17.7 Å². The van der Waals surface area contributed by atoms with Crippen LogP contribution in [0.1, 0.15) is 30.5 Å². The van der Waals surface area contributed by atoms with E-state index in [1.54, 1.807) is 23.9 Å². The zero-order chi connectivity index (χ0) is 25.2. The number of halogens is 1. The second kappa shape index (κ2) is 9.87. The van der Waals surface area contributed by atoms with Crippen molar-refractivity contribution < 1.29 is 14.3 Å². The first-order valence-electron chi connectivity index (χ1n) is 11.5. The van der Waals surface area contributed by atoms with Crippen LogP contribution in [0.4, 0.5) is 0 Å². The van der Waals surface area contributed by atoms with Crippen LogP contribution in [0, 0.1) is 0 Å². The van der Waals surface area contributed by atoms with E-state index in [4.69, 9.17) is 31.3 Å². The molecule has 7 nitrogen and oxygen atoms in total. The van der Waals surface area contributed by atoms with Crippen LogP contribution in [0.25, 0.3) is 16.9 Å². The van der Waals surface area contributed by atoms with E-state index in [0.29, 0.717) is 11.4 Å². The quantitative estimate of drug-likeness (QED) is 0.330. The minimum Gasteiger partial charge on any atom is -0.497 e. The lowest BCUT2D eigenvalue weighted by Crippen LogP contribution is -2.24. The third kappa shape index (κ3) is 4.57. The zero-order valence-electron chi connectivity index (χ0n) is 20.2. The van der Waals surface area contributed by atoms with Crippen molar-refractivity contribution >= 4 is 23.2 Å². The lowest BCUT2D eigenvalue weighted by atomic mass is 9.96. The Balaban J connectivity index is 1.59. The van der Waals surface area contributed by atoms with Crippen LogP contribution >= 0.6 is 11.6 Å². The average molecular weight is 501 g/mol. The van der Waals surface area contributed by atoms with E-state index in [0.717, 1.165) is 45.3 Å². The summed E-state index contributed by atoms with van der Waals surface area (Å²) >= 11 is 6.26. The van der Waals surface area contributed by atoms with Gasteiger partial charge in [0.05, 0.1) is 37.4 Å². The molecule has 1 aliphatic heterocycles. The van der Waals surface area contributed by atoms with E-state index >= 15 is 0 Å². The lowest BCUT2D eigenvalue weighted by Gasteiger charge is -2.20. The molecule has 0 bridgehead atoms. The molecule has 1 aliphatic rings. The van der Waals surface area contributed by atoms with Gasteiger partial charge in [-0.2, -0.15) is 10.2 Å². The predicted octanol–water partition coefficient (Wildman–Crippen LogP) is 5.91. The van der Waals surface area contributed by atoms with Gasteiger partial charge in [0.2, 0.25) is 5.91 Å². The molecule has 2 heterocycles. The summed E-state index contributed by atoms with van der Waals surface area (Å²) in [6.07, 6.45) is 2.51. The first kappa shape index (κ1) is 23.6. The molecule has 0 saturated carbocycles. The molecule has 8 heteroatoms. The molecule has 182 valence electrons. The van der Waals surface area contributed by atoms with E-state index in [9.17, 15) is 4.79 Å². The summed E-state index contributed by atoms with van der Waals surface area (Å²) in [6.45, 7) is 1.53. The normalized spacial score (nSPS) is 15.1. The first-order chi connectivity index (χ1) is 17.5. The van der Waals surface area contributed by atoms with Crippen molar-refractivity contribution in [3.8, 4) is 28.4 Å². The summed E-state index contributed by atoms with van der Waals surface area (Å²) in [5.41, 5.74) is 5.16. The van der Waals surface area contributed by atoms with E-state index in [1.807, 2.05) is 79.0 Å². The smallest absolute Gasteiger partial charge is 0.240 e. The standard InChI is InChI=1S/C28H25ClN4O3/c1-18(34)33-27(16-26(30-33)19-7-11-23(35-2)12-8-19)25-17-32(22-6-4-5-21(29)15-22)31-28(25)20-9-13-24(36-3)14-10-20/h4-15,17,27H,16H2,1-3H3. The number of nitrogens with zero attached hydrogens (tertiary/aromatic N) is 4. The molecule has 5 rings (SSSR count). The Morgan fingerprint density at radius 2 is 1.58 bits per heavy atom. The fourth-order valence-electron chi connectivity index (χ4n) is 4.36. The average Bonchev–Trinajstić information content (AvgIpc) is 3.54. The Hall–Kier alpha value is -4.10. The molecular formula is C28H25ClN4O3. The fourth-order valence-corrected chi connectivity index (χ4v) is 4.54. The minimum absolute atomic E-state index is 0.139. The van der Waals surface area contributed by atoms with Crippen molar-refractivity contribution in [2.75, 3.05) is 14.2 Å². The monoisotopic (exact) mass is 500 g/mol. The molecule has 1 amide bonds. The highest BCUT2D eigenvalue weighted by Crippen LogP contribution is 2.39. The van der Waals surface area contributed by atoms with Crippen molar-refractivity contribution in [1.82, 2.24) is 14.8 Å². The van der Waals surface area contributed by atoms with Crippen molar-refractivity contribution in [3.05, 3.63) is 95.1 Å². The number of amides is 1. The van der Waals surface area contributed by atoms with Crippen LogP contribution in [-0.4, -0.2) is 40.6 Å². The topological polar surface area (TPSA) is 69.0 Å². The van der Waals surface area contributed by atoms with Crippen LogP contribution in [0.2, 0.25) is 5.02 Å². The minimum atomic E-state index is -0.315. The molecule has 0 spiro atoms. The number of benzene rings is 3. The molecule has 0 saturated heterocycles. The third-order valence-corrected chi connectivity index (χ3v) is 6.43. The van der Waals surface area contributed by atoms with Crippen LogP contribution in [0.5, 0.6) is 11.5 Å². The van der Waals surface area contributed by atoms with Gasteiger partial charge in [-0.3, -0.25) is 4.79 Å². The fraction of sp³-hybridized carbons (Fsp3) is 0.179. The van der Waals surface area contributed by atoms with Crippen molar-refractivity contribution in [2.24, 2.45) is 5.10 Å². The number of hydrogen-bond donors (Lipinski definition) is 0. The third-order valence-electron chi connectivity index (χ3n) is 6.19. The Bertz CT molecular complexity index is 1430. The highest BCUT2D eigenvalue weighted by atomic mass is 35.5. The number of methoxy groups -OCH3 is 2. The molecule has 1 aromatic heterocycles. The second-order valence-electron chi connectivity index (χ2n) is 8.44. The molecule has 0 fully saturated rings. The van der Waals surface area contributed by atoms with Crippen LogP contribution < -0.4 is 9.47 Å². The lowest BCUT2D eigenvalue weighted by molar-refractivity contribution is -0.130. The van der Waals surface area contributed by atoms with Gasteiger partial charge in [-0.25, -0.2) is 9.69 Å². The number of rotatable bonds is 6. The molecule has 1 unspecified atom stereocenters. The Kier molecular flexibility index (Phi) is 6.48. The van der Waals surface area contributed by atoms with Crippen molar-refractivity contribution in [3.63, 3.8) is 0 Å². The molecule has 36 heavy (non-hydrogen) atoms.